The molecule has 0 aromatic carbocycles. The number of carbonyl (C=O) groups is 2. The number of nitrogens with one attached hydrogen (secondary N) is 2. The first-order chi connectivity index (χ1) is 10.7. The van der Waals surface area contributed by atoms with E-state index in [4.69, 9.17) is 4.74 Å². The Morgan fingerprint density at radius 2 is 2.00 bits per heavy atom. The minimum Gasteiger partial charge on any atom is -0.383 e. The van der Waals surface area contributed by atoms with Crippen molar-refractivity contribution < 1.29 is 14.3 Å². The molecule has 2 aliphatic heterocycles. The highest BCUT2D eigenvalue weighted by Crippen LogP contribution is 2.06. The number of carbonyl (C=O) groups excluding carboxylic acids is 2. The van der Waals surface area contributed by atoms with Crippen LogP contribution in [0.2, 0.25) is 0 Å². The van der Waals surface area contributed by atoms with E-state index in [1.807, 2.05) is 0 Å². The fraction of sp³-hybridized carbons (Fsp3) is 0.867. The number of hydrogen-bond acceptors (Lipinski definition) is 5. The monoisotopic (exact) mass is 312 g/mol. The van der Waals surface area contributed by atoms with Crippen LogP contribution in [0, 0.1) is 0 Å². The Morgan fingerprint density at radius 3 is 2.73 bits per heavy atom. The molecule has 2 heterocycles. The van der Waals surface area contributed by atoms with Gasteiger partial charge in [-0.15, -0.1) is 0 Å². The van der Waals surface area contributed by atoms with Crippen molar-refractivity contribution in [3.8, 4) is 0 Å². The Morgan fingerprint density at radius 1 is 1.27 bits per heavy atom. The molecule has 2 rings (SSSR count). The first kappa shape index (κ1) is 17.2. The lowest BCUT2D eigenvalue weighted by Gasteiger charge is -2.34. The van der Waals surface area contributed by atoms with E-state index in [9.17, 15) is 9.59 Å². The van der Waals surface area contributed by atoms with Crippen LogP contribution in [0.5, 0.6) is 0 Å². The molecule has 126 valence electrons. The van der Waals surface area contributed by atoms with Crippen molar-refractivity contribution >= 4 is 11.8 Å². The maximum absolute atomic E-state index is 12.1. The topological polar surface area (TPSA) is 73.9 Å². The molecule has 0 saturated carbocycles. The summed E-state index contributed by atoms with van der Waals surface area (Å²) >= 11 is 0. The van der Waals surface area contributed by atoms with Crippen LogP contribution < -0.4 is 10.6 Å². The lowest BCUT2D eigenvalue weighted by Crippen LogP contribution is -2.52. The summed E-state index contributed by atoms with van der Waals surface area (Å²) in [6.07, 6.45) is 2.70. The van der Waals surface area contributed by atoms with Crippen LogP contribution in [0.3, 0.4) is 0 Å². The van der Waals surface area contributed by atoms with Gasteiger partial charge in [0, 0.05) is 46.4 Å². The third kappa shape index (κ3) is 5.55. The summed E-state index contributed by atoms with van der Waals surface area (Å²) in [6.45, 7) is 6.47. The molecule has 7 heteroatoms. The summed E-state index contributed by atoms with van der Waals surface area (Å²) in [5, 5.41) is 5.72. The van der Waals surface area contributed by atoms with E-state index >= 15 is 0 Å². The SMILES string of the molecule is COCCN1CCN(CC(=O)NC2CCCCNC2=O)CC1. The molecule has 2 fully saturated rings. The lowest BCUT2D eigenvalue weighted by atomic mass is 10.1. The number of ether oxygens (including phenoxy) is 1. The minimum absolute atomic E-state index is 0.0461. The molecule has 0 aromatic rings. The Labute approximate surface area is 132 Å². The predicted molar refractivity (Wildman–Crippen MR) is 83.5 cm³/mol. The van der Waals surface area contributed by atoms with Crippen molar-refractivity contribution in [2.45, 2.75) is 25.3 Å². The molecule has 0 aliphatic carbocycles. The smallest absolute Gasteiger partial charge is 0.242 e. The summed E-state index contributed by atoms with van der Waals surface area (Å²) < 4.78 is 5.08. The Hall–Kier alpha value is -1.18. The third-order valence-electron chi connectivity index (χ3n) is 4.31. The van der Waals surface area contributed by atoms with Gasteiger partial charge in [-0.1, -0.05) is 0 Å². The summed E-state index contributed by atoms with van der Waals surface area (Å²) in [6, 6.07) is -0.363. The number of hydrogen-bond donors (Lipinski definition) is 2. The van der Waals surface area contributed by atoms with Gasteiger partial charge >= 0.3 is 0 Å². The predicted octanol–water partition coefficient (Wildman–Crippen LogP) is -0.965. The second-order valence-electron chi connectivity index (χ2n) is 6.02. The number of piperazine rings is 1. The van der Waals surface area contributed by atoms with Gasteiger partial charge < -0.3 is 15.4 Å². The second kappa shape index (κ2) is 9.07. The van der Waals surface area contributed by atoms with Crippen molar-refractivity contribution in [3.05, 3.63) is 0 Å². The molecule has 2 N–H and O–H groups in total. The van der Waals surface area contributed by atoms with Crippen LogP contribution in [-0.2, 0) is 14.3 Å². The van der Waals surface area contributed by atoms with E-state index in [1.165, 1.54) is 0 Å². The van der Waals surface area contributed by atoms with Gasteiger partial charge in [-0.3, -0.25) is 19.4 Å². The standard InChI is InChI=1S/C15H28N4O3/c1-22-11-10-18-6-8-19(9-7-18)12-14(20)17-13-4-2-3-5-16-15(13)21/h13H,2-12H2,1H3,(H,16,21)(H,17,20). The zero-order valence-corrected chi connectivity index (χ0v) is 13.5. The Kier molecular flexibility index (Phi) is 7.08. The quantitative estimate of drug-likeness (QED) is 0.660. The maximum Gasteiger partial charge on any atom is 0.242 e. The van der Waals surface area contributed by atoms with Crippen molar-refractivity contribution in [3.63, 3.8) is 0 Å². The van der Waals surface area contributed by atoms with Crippen LogP contribution in [0.25, 0.3) is 0 Å². The zero-order valence-electron chi connectivity index (χ0n) is 13.5. The normalized spacial score (nSPS) is 24.6. The molecule has 7 nitrogen and oxygen atoms in total. The third-order valence-corrected chi connectivity index (χ3v) is 4.31. The molecular formula is C15H28N4O3. The van der Waals surface area contributed by atoms with Crippen LogP contribution >= 0.6 is 0 Å². The first-order valence-electron chi connectivity index (χ1n) is 8.20. The van der Waals surface area contributed by atoms with Crippen molar-refractivity contribution in [2.75, 3.05) is 59.5 Å². The highest BCUT2D eigenvalue weighted by Gasteiger charge is 2.24. The summed E-state index contributed by atoms with van der Waals surface area (Å²) in [7, 11) is 1.71. The summed E-state index contributed by atoms with van der Waals surface area (Å²) in [5.74, 6) is -0.0948. The Bertz CT molecular complexity index is 370. The lowest BCUT2D eigenvalue weighted by molar-refractivity contribution is -0.129. The van der Waals surface area contributed by atoms with Gasteiger partial charge in [0.1, 0.15) is 6.04 Å². The van der Waals surface area contributed by atoms with E-state index in [0.29, 0.717) is 13.1 Å². The van der Waals surface area contributed by atoms with E-state index in [-0.39, 0.29) is 17.9 Å². The first-order valence-corrected chi connectivity index (χ1v) is 8.20. The average molecular weight is 312 g/mol. The van der Waals surface area contributed by atoms with E-state index in [0.717, 1.165) is 58.6 Å². The molecule has 1 atom stereocenters. The van der Waals surface area contributed by atoms with Crippen LogP contribution in [0.1, 0.15) is 19.3 Å². The molecule has 0 aromatic heterocycles. The molecule has 2 saturated heterocycles. The maximum atomic E-state index is 12.1. The molecule has 2 aliphatic rings. The zero-order chi connectivity index (χ0) is 15.8. The molecule has 0 spiro atoms. The molecular weight excluding hydrogens is 284 g/mol. The molecule has 2 amide bonds. The highest BCUT2D eigenvalue weighted by molar-refractivity contribution is 5.88. The number of methoxy groups -OCH3 is 1. The van der Waals surface area contributed by atoms with Crippen LogP contribution in [0.15, 0.2) is 0 Å². The second-order valence-corrected chi connectivity index (χ2v) is 6.02. The van der Waals surface area contributed by atoms with Gasteiger partial charge in [-0.2, -0.15) is 0 Å². The van der Waals surface area contributed by atoms with Gasteiger partial charge in [0.05, 0.1) is 13.2 Å². The van der Waals surface area contributed by atoms with Crippen molar-refractivity contribution in [1.82, 2.24) is 20.4 Å². The Balaban J connectivity index is 1.68. The van der Waals surface area contributed by atoms with Gasteiger partial charge in [0.2, 0.25) is 11.8 Å². The fourth-order valence-corrected chi connectivity index (χ4v) is 2.91. The number of nitrogens with zero attached hydrogens (tertiary/aromatic N) is 2. The van der Waals surface area contributed by atoms with Gasteiger partial charge in [-0.25, -0.2) is 0 Å². The molecule has 0 bridgehead atoms. The van der Waals surface area contributed by atoms with Gasteiger partial charge in [0.25, 0.3) is 0 Å². The summed E-state index contributed by atoms with van der Waals surface area (Å²) in [5.41, 5.74) is 0. The van der Waals surface area contributed by atoms with Gasteiger partial charge in [0.15, 0.2) is 0 Å². The molecule has 1 unspecified atom stereocenters. The number of amides is 2. The largest absolute Gasteiger partial charge is 0.383 e. The van der Waals surface area contributed by atoms with E-state index in [1.54, 1.807) is 7.11 Å². The summed E-state index contributed by atoms with van der Waals surface area (Å²) in [4.78, 5) is 28.4. The number of rotatable bonds is 6. The fourth-order valence-electron chi connectivity index (χ4n) is 2.91. The van der Waals surface area contributed by atoms with E-state index in [2.05, 4.69) is 20.4 Å². The van der Waals surface area contributed by atoms with Gasteiger partial charge in [-0.05, 0) is 19.3 Å². The van der Waals surface area contributed by atoms with Crippen LogP contribution in [-0.4, -0.2) is 87.2 Å². The van der Waals surface area contributed by atoms with Crippen molar-refractivity contribution in [2.24, 2.45) is 0 Å². The minimum atomic E-state index is -0.363. The van der Waals surface area contributed by atoms with Crippen LogP contribution in [0.4, 0.5) is 0 Å². The van der Waals surface area contributed by atoms with Crippen molar-refractivity contribution in [1.29, 1.82) is 0 Å². The average Bonchev–Trinajstić information content (AvgIpc) is 2.71. The molecule has 0 radical (unpaired) electrons. The highest BCUT2D eigenvalue weighted by atomic mass is 16.5. The molecule has 22 heavy (non-hydrogen) atoms. The van der Waals surface area contributed by atoms with E-state index < -0.39 is 0 Å².